The summed E-state index contributed by atoms with van der Waals surface area (Å²) in [7, 11) is 0. The van der Waals surface area contributed by atoms with Crippen LogP contribution in [-0.4, -0.2) is 60.9 Å². The standard InChI is InChI=1S/C23H25ClFN3O2S2.ClH/c1-16-2-7-19(24)22-21(16)26-23(32-22)28(10-9-27-11-13-30-14-12-27)20(29)8-15-31-18-5-3-17(25)4-6-18;/h2-7H,8-15H2,1H3;1H. The Morgan fingerprint density at radius 1 is 1.24 bits per heavy atom. The van der Waals surface area contributed by atoms with Crippen molar-refractivity contribution >= 4 is 68.4 Å². The van der Waals surface area contributed by atoms with Crippen molar-refractivity contribution in [3.8, 4) is 0 Å². The van der Waals surface area contributed by atoms with E-state index in [9.17, 15) is 9.18 Å². The minimum Gasteiger partial charge on any atom is -0.379 e. The average Bonchev–Trinajstić information content (AvgIpc) is 3.25. The van der Waals surface area contributed by atoms with Gasteiger partial charge in [0, 0.05) is 43.2 Å². The largest absolute Gasteiger partial charge is 0.379 e. The van der Waals surface area contributed by atoms with Crippen LogP contribution in [0.15, 0.2) is 41.3 Å². The molecule has 0 radical (unpaired) electrons. The summed E-state index contributed by atoms with van der Waals surface area (Å²) in [6.07, 6.45) is 0.369. The van der Waals surface area contributed by atoms with Gasteiger partial charge in [0.05, 0.1) is 28.5 Å². The molecule has 1 aromatic heterocycles. The van der Waals surface area contributed by atoms with Gasteiger partial charge < -0.3 is 4.74 Å². The molecule has 1 amide bonds. The Balaban J connectivity index is 0.00000306. The molecule has 2 heterocycles. The minimum atomic E-state index is -0.260. The summed E-state index contributed by atoms with van der Waals surface area (Å²) in [6, 6.07) is 10.2. The first-order valence-electron chi connectivity index (χ1n) is 10.6. The third-order valence-corrected chi connectivity index (χ3v) is 7.91. The Kier molecular flexibility index (Phi) is 9.79. The molecule has 1 fully saturated rings. The van der Waals surface area contributed by atoms with Gasteiger partial charge in [-0.15, -0.1) is 24.2 Å². The second-order valence-corrected chi connectivity index (χ2v) is 10.1. The summed E-state index contributed by atoms with van der Waals surface area (Å²) in [5.41, 5.74) is 1.89. The van der Waals surface area contributed by atoms with Crippen LogP contribution in [0.3, 0.4) is 0 Å². The second kappa shape index (κ2) is 12.3. The number of aryl methyl sites for hydroxylation is 1. The zero-order valence-electron chi connectivity index (χ0n) is 18.3. The highest BCUT2D eigenvalue weighted by Crippen LogP contribution is 2.36. The summed E-state index contributed by atoms with van der Waals surface area (Å²) in [5, 5.41) is 1.34. The van der Waals surface area contributed by atoms with E-state index in [0.29, 0.717) is 28.9 Å². The smallest absolute Gasteiger partial charge is 0.229 e. The number of morpholine rings is 1. The number of anilines is 1. The predicted molar refractivity (Wildman–Crippen MR) is 138 cm³/mol. The molecule has 33 heavy (non-hydrogen) atoms. The van der Waals surface area contributed by atoms with Crippen LogP contribution in [0.1, 0.15) is 12.0 Å². The highest BCUT2D eigenvalue weighted by atomic mass is 35.5. The summed E-state index contributed by atoms with van der Waals surface area (Å²) in [4.78, 5) is 23.1. The number of aromatic nitrogens is 1. The first-order valence-corrected chi connectivity index (χ1v) is 12.7. The lowest BCUT2D eigenvalue weighted by Gasteiger charge is -2.29. The zero-order valence-corrected chi connectivity index (χ0v) is 21.5. The maximum absolute atomic E-state index is 13.3. The molecule has 0 unspecified atom stereocenters. The molecule has 0 bridgehead atoms. The molecule has 5 nitrogen and oxygen atoms in total. The summed E-state index contributed by atoms with van der Waals surface area (Å²) >= 11 is 9.41. The van der Waals surface area contributed by atoms with Crippen LogP contribution in [0, 0.1) is 12.7 Å². The summed E-state index contributed by atoms with van der Waals surface area (Å²) in [6.45, 7) is 6.51. The molecule has 0 spiro atoms. The first-order chi connectivity index (χ1) is 15.5. The fraction of sp³-hybridized carbons (Fsp3) is 0.391. The van der Waals surface area contributed by atoms with Gasteiger partial charge in [-0.25, -0.2) is 9.37 Å². The maximum atomic E-state index is 13.3. The molecule has 1 saturated heterocycles. The van der Waals surface area contributed by atoms with Crippen molar-refractivity contribution in [3.63, 3.8) is 0 Å². The molecule has 1 aliphatic heterocycles. The molecule has 10 heteroatoms. The molecular weight excluding hydrogens is 504 g/mol. The van der Waals surface area contributed by atoms with Crippen LogP contribution in [0.2, 0.25) is 5.02 Å². The fourth-order valence-electron chi connectivity index (χ4n) is 3.52. The van der Waals surface area contributed by atoms with Crippen LogP contribution < -0.4 is 4.90 Å². The highest BCUT2D eigenvalue weighted by molar-refractivity contribution is 7.99. The van der Waals surface area contributed by atoms with Gasteiger partial charge in [0.15, 0.2) is 5.13 Å². The topological polar surface area (TPSA) is 45.7 Å². The minimum absolute atomic E-state index is 0. The van der Waals surface area contributed by atoms with Crippen LogP contribution in [-0.2, 0) is 9.53 Å². The monoisotopic (exact) mass is 529 g/mol. The van der Waals surface area contributed by atoms with E-state index in [1.165, 1.54) is 23.5 Å². The SMILES string of the molecule is Cc1ccc(Cl)c2sc(N(CCN3CCOCC3)C(=O)CCSc3ccc(F)cc3)nc12.Cl. The molecule has 0 atom stereocenters. The number of ether oxygens (including phenoxy) is 1. The number of nitrogens with zero attached hydrogens (tertiary/aromatic N) is 3. The van der Waals surface area contributed by atoms with E-state index in [-0.39, 0.29) is 24.1 Å². The Bertz CT molecular complexity index is 1040. The molecule has 1 aliphatic rings. The molecule has 4 rings (SSSR count). The number of benzene rings is 2. The van der Waals surface area contributed by atoms with Crippen LogP contribution >= 0.6 is 47.1 Å². The Morgan fingerprint density at radius 2 is 1.97 bits per heavy atom. The quantitative estimate of drug-likeness (QED) is 0.352. The van der Waals surface area contributed by atoms with E-state index in [4.69, 9.17) is 21.3 Å². The Morgan fingerprint density at radius 3 is 2.67 bits per heavy atom. The lowest BCUT2D eigenvalue weighted by Crippen LogP contribution is -2.43. The third kappa shape index (κ3) is 6.81. The van der Waals surface area contributed by atoms with Gasteiger partial charge in [-0.05, 0) is 42.8 Å². The molecular formula is C23H26Cl2FN3O2S2. The van der Waals surface area contributed by atoms with Crippen molar-refractivity contribution in [1.29, 1.82) is 0 Å². The fourth-order valence-corrected chi connectivity index (χ4v) is 5.72. The number of hydrogen-bond donors (Lipinski definition) is 0. The number of rotatable bonds is 8. The third-order valence-electron chi connectivity index (χ3n) is 5.36. The van der Waals surface area contributed by atoms with Crippen molar-refractivity contribution in [3.05, 3.63) is 52.8 Å². The van der Waals surface area contributed by atoms with Gasteiger partial charge in [-0.3, -0.25) is 14.6 Å². The number of thioether (sulfide) groups is 1. The average molecular weight is 531 g/mol. The zero-order chi connectivity index (χ0) is 22.5. The molecule has 3 aromatic rings. The number of amides is 1. The van der Waals surface area contributed by atoms with Gasteiger partial charge in [0.2, 0.25) is 5.91 Å². The number of carbonyl (C=O) groups excluding carboxylic acids is 1. The highest BCUT2D eigenvalue weighted by Gasteiger charge is 2.22. The van der Waals surface area contributed by atoms with Gasteiger partial charge in [-0.2, -0.15) is 0 Å². The van der Waals surface area contributed by atoms with Gasteiger partial charge >= 0.3 is 0 Å². The van der Waals surface area contributed by atoms with Crippen LogP contribution in [0.4, 0.5) is 9.52 Å². The molecule has 2 aromatic carbocycles. The van der Waals surface area contributed by atoms with E-state index in [2.05, 4.69) is 4.90 Å². The number of carbonyl (C=O) groups is 1. The lowest BCUT2D eigenvalue weighted by atomic mass is 10.2. The predicted octanol–water partition coefficient (Wildman–Crippen LogP) is 5.67. The number of thiazole rings is 1. The van der Waals surface area contributed by atoms with Gasteiger partial charge in [-0.1, -0.05) is 29.0 Å². The molecule has 0 saturated carbocycles. The Hall–Kier alpha value is -1.42. The van der Waals surface area contributed by atoms with Gasteiger partial charge in [0.25, 0.3) is 0 Å². The maximum Gasteiger partial charge on any atom is 0.229 e. The van der Waals surface area contributed by atoms with E-state index >= 15 is 0 Å². The second-order valence-electron chi connectivity index (χ2n) is 7.59. The normalized spacial score (nSPS) is 14.3. The summed E-state index contributed by atoms with van der Waals surface area (Å²) < 4.78 is 19.5. The lowest BCUT2D eigenvalue weighted by molar-refractivity contribution is -0.118. The molecule has 0 aliphatic carbocycles. The molecule has 178 valence electrons. The first kappa shape index (κ1) is 26.2. The van der Waals surface area contributed by atoms with E-state index in [0.717, 1.165) is 53.5 Å². The van der Waals surface area contributed by atoms with E-state index < -0.39 is 0 Å². The summed E-state index contributed by atoms with van der Waals surface area (Å²) in [5.74, 6) is 0.383. The number of halogens is 3. The molecule has 0 N–H and O–H groups in total. The van der Waals surface area contributed by atoms with Crippen LogP contribution in [0.5, 0.6) is 0 Å². The Labute approximate surface area is 212 Å². The van der Waals surface area contributed by atoms with Crippen molar-refractivity contribution in [1.82, 2.24) is 9.88 Å². The van der Waals surface area contributed by atoms with Gasteiger partial charge in [0.1, 0.15) is 5.82 Å². The van der Waals surface area contributed by atoms with Crippen molar-refractivity contribution < 1.29 is 13.9 Å². The van der Waals surface area contributed by atoms with Crippen molar-refractivity contribution in [2.75, 3.05) is 50.0 Å². The van der Waals surface area contributed by atoms with E-state index in [1.807, 2.05) is 19.1 Å². The number of hydrogen-bond acceptors (Lipinski definition) is 6. The van der Waals surface area contributed by atoms with Crippen molar-refractivity contribution in [2.24, 2.45) is 0 Å². The number of fused-ring (bicyclic) bond motifs is 1. The van der Waals surface area contributed by atoms with Crippen molar-refractivity contribution in [2.45, 2.75) is 18.2 Å². The van der Waals surface area contributed by atoms with Crippen LogP contribution in [0.25, 0.3) is 10.2 Å². The van der Waals surface area contributed by atoms with E-state index in [1.54, 1.807) is 28.8 Å².